The minimum Gasteiger partial charge on any atom is -0.504 e. The highest BCUT2D eigenvalue weighted by Crippen LogP contribution is 2.40. The van der Waals surface area contributed by atoms with Crippen molar-refractivity contribution >= 4 is 11.7 Å². The number of amides is 1. The SMILES string of the molecule is CCOc1cc(C2C(C(C)=O)=C(O)C(=O)N2CCC[NH+](CC)CC)ccc1O. The van der Waals surface area contributed by atoms with Gasteiger partial charge in [-0.1, -0.05) is 6.07 Å². The minimum absolute atomic E-state index is 0.0100. The lowest BCUT2D eigenvalue weighted by Crippen LogP contribution is -3.11. The minimum atomic E-state index is -0.684. The lowest BCUT2D eigenvalue weighted by Gasteiger charge is -2.27. The maximum absolute atomic E-state index is 12.7. The molecule has 0 saturated heterocycles. The highest BCUT2D eigenvalue weighted by atomic mass is 16.5. The Kier molecular flexibility index (Phi) is 7.45. The van der Waals surface area contributed by atoms with E-state index in [1.165, 1.54) is 22.8 Å². The molecule has 1 atom stereocenters. The highest BCUT2D eigenvalue weighted by molar-refractivity contribution is 6.08. The van der Waals surface area contributed by atoms with E-state index in [-0.39, 0.29) is 22.9 Å². The van der Waals surface area contributed by atoms with E-state index in [1.54, 1.807) is 19.1 Å². The number of benzene rings is 1. The molecule has 1 aliphatic rings. The van der Waals surface area contributed by atoms with Gasteiger partial charge in [-0.2, -0.15) is 0 Å². The molecule has 2 rings (SSSR count). The molecular formula is C21H31N2O5+. The molecular weight excluding hydrogens is 360 g/mol. The van der Waals surface area contributed by atoms with Crippen LogP contribution in [0.15, 0.2) is 29.5 Å². The van der Waals surface area contributed by atoms with Crippen LogP contribution in [0, 0.1) is 0 Å². The summed E-state index contributed by atoms with van der Waals surface area (Å²) in [5.41, 5.74) is 0.715. The van der Waals surface area contributed by atoms with Crippen LogP contribution in [0.4, 0.5) is 0 Å². The molecule has 1 amide bonds. The zero-order valence-corrected chi connectivity index (χ0v) is 17.1. The van der Waals surface area contributed by atoms with Crippen LogP contribution in [0.5, 0.6) is 11.5 Å². The zero-order valence-electron chi connectivity index (χ0n) is 17.1. The summed E-state index contributed by atoms with van der Waals surface area (Å²) in [5, 5.41) is 20.3. The first kappa shape index (κ1) is 21.8. The van der Waals surface area contributed by atoms with Gasteiger partial charge < -0.3 is 24.7 Å². The first-order valence-corrected chi connectivity index (χ1v) is 9.89. The van der Waals surface area contributed by atoms with E-state index in [1.807, 2.05) is 0 Å². The molecule has 1 aromatic rings. The number of aliphatic hydroxyl groups excluding tert-OH is 1. The van der Waals surface area contributed by atoms with Crippen molar-refractivity contribution in [3.63, 3.8) is 0 Å². The molecule has 0 radical (unpaired) electrons. The average molecular weight is 391 g/mol. The Balaban J connectivity index is 2.35. The van der Waals surface area contributed by atoms with Crippen LogP contribution >= 0.6 is 0 Å². The smallest absolute Gasteiger partial charge is 0.290 e. The third-order valence-electron chi connectivity index (χ3n) is 5.21. The van der Waals surface area contributed by atoms with Crippen LogP contribution in [0.1, 0.15) is 45.7 Å². The Morgan fingerprint density at radius 2 is 1.89 bits per heavy atom. The summed E-state index contributed by atoms with van der Waals surface area (Å²) in [6, 6.07) is 4.08. The molecule has 3 N–H and O–H groups in total. The molecule has 0 aromatic heterocycles. The molecule has 1 aliphatic heterocycles. The van der Waals surface area contributed by atoms with E-state index in [0.717, 1.165) is 26.1 Å². The van der Waals surface area contributed by atoms with Gasteiger partial charge in [0.25, 0.3) is 5.91 Å². The molecule has 1 unspecified atom stereocenters. The van der Waals surface area contributed by atoms with Crippen LogP contribution < -0.4 is 9.64 Å². The van der Waals surface area contributed by atoms with Gasteiger partial charge in [-0.3, -0.25) is 9.59 Å². The molecule has 7 nitrogen and oxygen atoms in total. The summed E-state index contributed by atoms with van der Waals surface area (Å²) in [6.45, 7) is 11.1. The molecule has 0 fully saturated rings. The first-order valence-electron chi connectivity index (χ1n) is 9.89. The van der Waals surface area contributed by atoms with Crippen molar-refractivity contribution in [3.05, 3.63) is 35.1 Å². The van der Waals surface area contributed by atoms with Gasteiger partial charge in [-0.25, -0.2) is 0 Å². The largest absolute Gasteiger partial charge is 0.504 e. The van der Waals surface area contributed by atoms with E-state index in [0.29, 0.717) is 18.7 Å². The molecule has 154 valence electrons. The topological polar surface area (TPSA) is 91.5 Å². The van der Waals surface area contributed by atoms with Gasteiger partial charge in [0, 0.05) is 13.0 Å². The number of quaternary nitrogens is 1. The Bertz CT molecular complexity index is 755. The summed E-state index contributed by atoms with van der Waals surface area (Å²) in [7, 11) is 0. The van der Waals surface area contributed by atoms with Crippen molar-refractivity contribution in [2.75, 3.05) is 32.8 Å². The van der Waals surface area contributed by atoms with E-state index >= 15 is 0 Å². The van der Waals surface area contributed by atoms with Gasteiger partial charge in [0.1, 0.15) is 0 Å². The van der Waals surface area contributed by atoms with E-state index in [2.05, 4.69) is 13.8 Å². The van der Waals surface area contributed by atoms with Gasteiger partial charge in [-0.05, 0) is 45.4 Å². The van der Waals surface area contributed by atoms with Gasteiger partial charge in [0.2, 0.25) is 0 Å². The van der Waals surface area contributed by atoms with Crippen molar-refractivity contribution in [2.45, 2.75) is 40.2 Å². The van der Waals surface area contributed by atoms with Gasteiger partial charge in [-0.15, -0.1) is 0 Å². The number of nitrogens with zero attached hydrogens (tertiary/aromatic N) is 1. The van der Waals surface area contributed by atoms with E-state index < -0.39 is 17.7 Å². The maximum Gasteiger partial charge on any atom is 0.290 e. The summed E-state index contributed by atoms with van der Waals surface area (Å²) >= 11 is 0. The standard InChI is InChI=1S/C21H30N2O5/c1-5-22(6-2)11-8-12-23-19(18(14(4)24)20(26)21(23)27)15-9-10-16(25)17(13-15)28-7-3/h9-10,13,19,25-26H,5-8,11-12H2,1-4H3/p+1. The lowest BCUT2D eigenvalue weighted by molar-refractivity contribution is -0.896. The van der Waals surface area contributed by atoms with Crippen molar-refractivity contribution < 1.29 is 29.4 Å². The number of carbonyl (C=O) groups is 2. The summed E-state index contributed by atoms with van der Waals surface area (Å²) in [4.78, 5) is 27.8. The molecule has 1 aromatic carbocycles. The molecule has 1 heterocycles. The van der Waals surface area contributed by atoms with Crippen LogP contribution in [0.2, 0.25) is 0 Å². The predicted octanol–water partition coefficient (Wildman–Crippen LogP) is 1.39. The Morgan fingerprint density at radius 3 is 2.46 bits per heavy atom. The third-order valence-corrected chi connectivity index (χ3v) is 5.21. The number of phenolic OH excluding ortho intramolecular Hbond substituents is 1. The number of carbonyl (C=O) groups excluding carboxylic acids is 2. The van der Waals surface area contributed by atoms with Crippen molar-refractivity contribution in [1.82, 2.24) is 4.90 Å². The first-order chi connectivity index (χ1) is 13.3. The fourth-order valence-corrected chi connectivity index (χ4v) is 3.67. The Morgan fingerprint density at radius 1 is 1.21 bits per heavy atom. The van der Waals surface area contributed by atoms with Crippen LogP contribution in [0.25, 0.3) is 0 Å². The van der Waals surface area contributed by atoms with Crippen LogP contribution in [-0.2, 0) is 9.59 Å². The maximum atomic E-state index is 12.7. The number of hydrogen-bond donors (Lipinski definition) is 3. The van der Waals surface area contributed by atoms with Gasteiger partial charge >= 0.3 is 0 Å². The highest BCUT2D eigenvalue weighted by Gasteiger charge is 2.42. The number of ether oxygens (including phenoxy) is 1. The predicted molar refractivity (Wildman–Crippen MR) is 106 cm³/mol. The number of aliphatic hydroxyl groups is 1. The second-order valence-electron chi connectivity index (χ2n) is 6.94. The number of nitrogens with one attached hydrogen (secondary N) is 1. The van der Waals surface area contributed by atoms with Crippen LogP contribution in [-0.4, -0.2) is 59.6 Å². The quantitative estimate of drug-likeness (QED) is 0.561. The summed E-state index contributed by atoms with van der Waals surface area (Å²) in [5.74, 6) is -1.09. The Hall–Kier alpha value is -2.54. The van der Waals surface area contributed by atoms with E-state index in [4.69, 9.17) is 4.74 Å². The monoisotopic (exact) mass is 391 g/mol. The number of hydrogen-bond acceptors (Lipinski definition) is 5. The van der Waals surface area contributed by atoms with Crippen molar-refractivity contribution in [3.8, 4) is 11.5 Å². The van der Waals surface area contributed by atoms with Crippen molar-refractivity contribution in [1.29, 1.82) is 0 Å². The zero-order chi connectivity index (χ0) is 20.8. The van der Waals surface area contributed by atoms with Gasteiger partial charge in [0.15, 0.2) is 23.0 Å². The third kappa shape index (κ3) is 4.47. The van der Waals surface area contributed by atoms with Crippen molar-refractivity contribution in [2.24, 2.45) is 0 Å². The van der Waals surface area contributed by atoms with E-state index in [9.17, 15) is 19.8 Å². The normalized spacial score (nSPS) is 17.0. The summed E-state index contributed by atoms with van der Waals surface area (Å²) in [6.07, 6.45) is 0.758. The van der Waals surface area contributed by atoms with Crippen LogP contribution in [0.3, 0.4) is 0 Å². The molecule has 7 heteroatoms. The fraction of sp³-hybridized carbons (Fsp3) is 0.524. The average Bonchev–Trinajstić information content (AvgIpc) is 2.92. The lowest BCUT2D eigenvalue weighted by atomic mass is 9.96. The fourth-order valence-electron chi connectivity index (χ4n) is 3.67. The number of ketones is 1. The molecule has 0 bridgehead atoms. The molecule has 0 spiro atoms. The van der Waals surface area contributed by atoms with Gasteiger partial charge in [0.05, 0.1) is 37.9 Å². The molecule has 0 saturated carbocycles. The number of phenols is 1. The second-order valence-corrected chi connectivity index (χ2v) is 6.94. The molecule has 28 heavy (non-hydrogen) atoms. The Labute approximate surface area is 166 Å². The number of aromatic hydroxyl groups is 1. The second kappa shape index (κ2) is 9.59. The number of Topliss-reactive ketones (excluding diaryl/α,β-unsaturated/α-hetero) is 1. The number of rotatable bonds is 10. The summed E-state index contributed by atoms with van der Waals surface area (Å²) < 4.78 is 5.44. The molecule has 0 aliphatic carbocycles.